The maximum Gasteiger partial charge on any atom is 0.179 e. The summed E-state index contributed by atoms with van der Waals surface area (Å²) >= 11 is 0. The summed E-state index contributed by atoms with van der Waals surface area (Å²) in [6, 6.07) is 0. The summed E-state index contributed by atoms with van der Waals surface area (Å²) < 4.78 is 0. The quantitative estimate of drug-likeness (QED) is 0.433. The zero-order chi connectivity index (χ0) is 5.28. The van der Waals surface area contributed by atoms with E-state index < -0.39 is 0 Å². The molecule has 0 aromatic heterocycles. The van der Waals surface area contributed by atoms with Crippen molar-refractivity contribution in [3.63, 3.8) is 0 Å². The van der Waals surface area contributed by atoms with E-state index in [0.717, 1.165) is 6.54 Å². The lowest BCUT2D eigenvalue weighted by atomic mass is 10.3. The van der Waals surface area contributed by atoms with Gasteiger partial charge in [0, 0.05) is 13.0 Å². The molecule has 0 aliphatic carbocycles. The van der Waals surface area contributed by atoms with Gasteiger partial charge in [-0.05, 0) is 0 Å². The van der Waals surface area contributed by atoms with E-state index in [9.17, 15) is 4.79 Å². The normalized spacial score (nSPS) is 20.0. The smallest absolute Gasteiger partial charge is 0.179 e. The van der Waals surface area contributed by atoms with Crippen LogP contribution in [0.4, 0.5) is 0 Å². The van der Waals surface area contributed by atoms with Gasteiger partial charge in [-0.1, -0.05) is 6.58 Å². The number of nitrogens with one attached hydrogen (secondary N) is 1. The topological polar surface area (TPSA) is 29.1 Å². The van der Waals surface area contributed by atoms with Gasteiger partial charge in [0.2, 0.25) is 0 Å². The first kappa shape index (κ1) is 4.37. The molecule has 1 rings (SSSR count). The molecule has 7 heavy (non-hydrogen) atoms. The number of Topliss-reactive ketones (excluding diaryl/α,β-unsaturated/α-hetero) is 1. The second kappa shape index (κ2) is 1.37. The van der Waals surface area contributed by atoms with Gasteiger partial charge in [0.05, 0.1) is 5.70 Å². The highest BCUT2D eigenvalue weighted by atomic mass is 16.1. The number of allylic oxidation sites excluding steroid dienone is 1. The summed E-state index contributed by atoms with van der Waals surface area (Å²) in [5, 5.41) is 2.83. The number of carbonyl (C=O) groups is 1. The molecule has 0 amide bonds. The maximum atomic E-state index is 10.4. The van der Waals surface area contributed by atoms with Crippen LogP contribution in [-0.4, -0.2) is 12.3 Å². The largest absolute Gasteiger partial charge is 0.382 e. The van der Waals surface area contributed by atoms with Crippen LogP contribution in [0, 0.1) is 0 Å². The van der Waals surface area contributed by atoms with Crippen LogP contribution in [0.25, 0.3) is 0 Å². The Hall–Kier alpha value is -0.790. The Labute approximate surface area is 42.2 Å². The third-order valence-electron chi connectivity index (χ3n) is 1.03. The van der Waals surface area contributed by atoms with Crippen LogP contribution in [0.1, 0.15) is 6.42 Å². The third-order valence-corrected chi connectivity index (χ3v) is 1.03. The fraction of sp³-hybridized carbons (Fsp3) is 0.400. The fourth-order valence-corrected chi connectivity index (χ4v) is 0.576. The lowest BCUT2D eigenvalue weighted by Gasteiger charge is -1.85. The Morgan fingerprint density at radius 1 is 1.71 bits per heavy atom. The highest BCUT2D eigenvalue weighted by Crippen LogP contribution is 1.99. The molecular weight excluding hydrogens is 90.1 g/mol. The standard InChI is InChI=1S/C5H7NO/c1-4-5(7)2-3-6-4/h6H,1-3H2. The summed E-state index contributed by atoms with van der Waals surface area (Å²) in [4.78, 5) is 10.4. The molecule has 0 bridgehead atoms. The van der Waals surface area contributed by atoms with Crippen molar-refractivity contribution in [2.24, 2.45) is 0 Å². The summed E-state index contributed by atoms with van der Waals surface area (Å²) in [6.45, 7) is 4.25. The number of carbonyl (C=O) groups excluding carboxylic acids is 1. The average Bonchev–Trinajstić information content (AvgIpc) is 1.91. The van der Waals surface area contributed by atoms with E-state index in [1.807, 2.05) is 0 Å². The Morgan fingerprint density at radius 3 is 2.57 bits per heavy atom. The molecule has 0 saturated carbocycles. The SMILES string of the molecule is C=C1NCCC1=O. The van der Waals surface area contributed by atoms with Crippen molar-refractivity contribution >= 4 is 5.78 Å². The highest BCUT2D eigenvalue weighted by Gasteiger charge is 2.11. The van der Waals surface area contributed by atoms with Crippen LogP contribution >= 0.6 is 0 Å². The van der Waals surface area contributed by atoms with Crippen molar-refractivity contribution in [2.45, 2.75) is 6.42 Å². The summed E-state index contributed by atoms with van der Waals surface area (Å²) in [7, 11) is 0. The molecule has 0 aromatic carbocycles. The Balaban J connectivity index is 2.65. The van der Waals surface area contributed by atoms with Gasteiger partial charge in [-0.15, -0.1) is 0 Å². The second-order valence-corrected chi connectivity index (χ2v) is 1.58. The Bertz CT molecular complexity index is 103. The number of rotatable bonds is 0. The average molecular weight is 97.1 g/mol. The Kier molecular flexibility index (Phi) is 0.855. The molecule has 0 radical (unpaired) electrons. The lowest BCUT2D eigenvalue weighted by molar-refractivity contribution is -0.114. The maximum absolute atomic E-state index is 10.4. The minimum Gasteiger partial charge on any atom is -0.382 e. The van der Waals surface area contributed by atoms with E-state index in [4.69, 9.17) is 0 Å². The van der Waals surface area contributed by atoms with Gasteiger partial charge >= 0.3 is 0 Å². The number of hydrogen-bond acceptors (Lipinski definition) is 2. The van der Waals surface area contributed by atoms with E-state index in [-0.39, 0.29) is 5.78 Å². The first-order valence-electron chi connectivity index (χ1n) is 2.26. The summed E-state index contributed by atoms with van der Waals surface area (Å²) in [5.74, 6) is 0.153. The van der Waals surface area contributed by atoms with Crippen LogP contribution in [-0.2, 0) is 4.79 Å². The molecule has 0 spiro atoms. The molecule has 1 aliphatic heterocycles. The molecule has 2 heteroatoms. The molecule has 1 saturated heterocycles. The molecule has 1 N–H and O–H groups in total. The van der Waals surface area contributed by atoms with Crippen molar-refractivity contribution in [3.05, 3.63) is 12.3 Å². The van der Waals surface area contributed by atoms with Crippen molar-refractivity contribution in [2.75, 3.05) is 6.54 Å². The van der Waals surface area contributed by atoms with E-state index >= 15 is 0 Å². The molecule has 1 fully saturated rings. The van der Waals surface area contributed by atoms with E-state index in [1.165, 1.54) is 0 Å². The third kappa shape index (κ3) is 0.633. The fourth-order valence-electron chi connectivity index (χ4n) is 0.576. The molecule has 1 aliphatic rings. The minimum atomic E-state index is 0.153. The van der Waals surface area contributed by atoms with Crippen molar-refractivity contribution < 1.29 is 4.79 Å². The molecular formula is C5H7NO. The lowest BCUT2D eigenvalue weighted by Crippen LogP contribution is -2.03. The van der Waals surface area contributed by atoms with Crippen LogP contribution in [0.2, 0.25) is 0 Å². The molecule has 0 atom stereocenters. The summed E-state index contributed by atoms with van der Waals surface area (Å²) in [5.41, 5.74) is 0.569. The zero-order valence-electron chi connectivity index (χ0n) is 4.03. The molecule has 0 unspecified atom stereocenters. The predicted molar refractivity (Wildman–Crippen MR) is 26.8 cm³/mol. The van der Waals surface area contributed by atoms with Crippen LogP contribution in [0.3, 0.4) is 0 Å². The summed E-state index contributed by atoms with van der Waals surface area (Å²) in [6.07, 6.45) is 0.624. The van der Waals surface area contributed by atoms with Crippen LogP contribution < -0.4 is 5.32 Å². The second-order valence-electron chi connectivity index (χ2n) is 1.58. The van der Waals surface area contributed by atoms with Crippen LogP contribution in [0.15, 0.2) is 12.3 Å². The Morgan fingerprint density at radius 2 is 2.43 bits per heavy atom. The van der Waals surface area contributed by atoms with Gasteiger partial charge in [-0.2, -0.15) is 0 Å². The van der Waals surface area contributed by atoms with Crippen molar-refractivity contribution in [3.8, 4) is 0 Å². The molecule has 38 valence electrons. The van der Waals surface area contributed by atoms with Crippen molar-refractivity contribution in [1.29, 1.82) is 0 Å². The number of ketones is 1. The monoisotopic (exact) mass is 97.1 g/mol. The van der Waals surface area contributed by atoms with E-state index in [0.29, 0.717) is 12.1 Å². The van der Waals surface area contributed by atoms with Gasteiger partial charge in [-0.25, -0.2) is 0 Å². The van der Waals surface area contributed by atoms with Gasteiger partial charge in [-0.3, -0.25) is 4.79 Å². The van der Waals surface area contributed by atoms with Gasteiger partial charge in [0.25, 0.3) is 0 Å². The predicted octanol–water partition coefficient (Wildman–Crippen LogP) is 0.0625. The van der Waals surface area contributed by atoms with Gasteiger partial charge < -0.3 is 5.32 Å². The first-order chi connectivity index (χ1) is 3.30. The molecule has 1 heterocycles. The first-order valence-corrected chi connectivity index (χ1v) is 2.26. The molecule has 2 nitrogen and oxygen atoms in total. The van der Waals surface area contributed by atoms with Crippen LogP contribution in [0.5, 0.6) is 0 Å². The van der Waals surface area contributed by atoms with Gasteiger partial charge in [0.1, 0.15) is 0 Å². The highest BCUT2D eigenvalue weighted by molar-refractivity contribution is 5.96. The zero-order valence-corrected chi connectivity index (χ0v) is 4.03. The number of hydrogen-bond donors (Lipinski definition) is 1. The van der Waals surface area contributed by atoms with Gasteiger partial charge in [0.15, 0.2) is 5.78 Å². The van der Waals surface area contributed by atoms with E-state index in [1.54, 1.807) is 0 Å². The minimum absolute atomic E-state index is 0.153. The van der Waals surface area contributed by atoms with E-state index in [2.05, 4.69) is 11.9 Å². The molecule has 0 aromatic rings. The van der Waals surface area contributed by atoms with Crippen molar-refractivity contribution in [1.82, 2.24) is 5.32 Å².